The molecule has 0 aliphatic carbocycles. The molecule has 1 N–H and O–H groups in total. The van der Waals surface area contributed by atoms with E-state index in [0.29, 0.717) is 16.3 Å². The molecule has 0 spiro atoms. The predicted octanol–water partition coefficient (Wildman–Crippen LogP) is 3.76. The summed E-state index contributed by atoms with van der Waals surface area (Å²) in [4.78, 5) is 35.7. The second-order valence-electron chi connectivity index (χ2n) is 6.92. The number of pyridine rings is 2. The minimum Gasteiger partial charge on any atom is -0.507 e. The van der Waals surface area contributed by atoms with Crippen LogP contribution in [-0.2, 0) is 16.1 Å². The molecule has 0 radical (unpaired) electrons. The van der Waals surface area contributed by atoms with Gasteiger partial charge in [-0.2, -0.15) is 0 Å². The Hall–Kier alpha value is -3.71. The average molecular weight is 436 g/mol. The summed E-state index contributed by atoms with van der Waals surface area (Å²) in [7, 11) is 1.44. The number of amides is 1. The van der Waals surface area contributed by atoms with Gasteiger partial charge >= 0.3 is 0 Å². The summed E-state index contributed by atoms with van der Waals surface area (Å²) >= 11 is 6.11. The first kappa shape index (κ1) is 20.6. The number of aromatic nitrogens is 2. The molecule has 1 atom stereocenters. The first-order chi connectivity index (χ1) is 15.0. The highest BCUT2D eigenvalue weighted by Crippen LogP contribution is 2.41. The predicted molar refractivity (Wildman–Crippen MR) is 114 cm³/mol. The van der Waals surface area contributed by atoms with Gasteiger partial charge in [-0.3, -0.25) is 19.6 Å². The summed E-state index contributed by atoms with van der Waals surface area (Å²) in [5, 5.41) is 11.5. The van der Waals surface area contributed by atoms with Gasteiger partial charge in [-0.15, -0.1) is 0 Å². The van der Waals surface area contributed by atoms with Gasteiger partial charge in [0.25, 0.3) is 11.7 Å². The van der Waals surface area contributed by atoms with Crippen molar-refractivity contribution < 1.29 is 19.4 Å². The van der Waals surface area contributed by atoms with Gasteiger partial charge in [0.1, 0.15) is 11.5 Å². The van der Waals surface area contributed by atoms with Gasteiger partial charge in [-0.1, -0.05) is 23.7 Å². The Morgan fingerprint density at radius 1 is 1.13 bits per heavy atom. The molecule has 1 aromatic carbocycles. The summed E-state index contributed by atoms with van der Waals surface area (Å²) in [6.07, 6.45) is 6.41. The highest BCUT2D eigenvalue weighted by atomic mass is 35.5. The van der Waals surface area contributed by atoms with Crippen molar-refractivity contribution in [2.75, 3.05) is 7.11 Å². The van der Waals surface area contributed by atoms with Crippen molar-refractivity contribution >= 4 is 29.1 Å². The molecule has 1 saturated heterocycles. The van der Waals surface area contributed by atoms with Crippen molar-refractivity contribution in [1.29, 1.82) is 0 Å². The number of ether oxygens (including phenoxy) is 1. The number of ketones is 1. The molecule has 4 rings (SSSR count). The number of halogens is 1. The summed E-state index contributed by atoms with van der Waals surface area (Å²) in [5.41, 5.74) is 1.51. The maximum Gasteiger partial charge on any atom is 0.295 e. The Morgan fingerprint density at radius 3 is 2.52 bits per heavy atom. The van der Waals surface area contributed by atoms with Crippen LogP contribution in [0.3, 0.4) is 0 Å². The zero-order chi connectivity index (χ0) is 22.0. The topological polar surface area (TPSA) is 92.6 Å². The van der Waals surface area contributed by atoms with E-state index in [0.717, 1.165) is 5.56 Å². The standard InChI is InChI=1S/C23H18ClN3O4/c1-31-18-7-6-16(24)10-17(18)21(28)19-20(15-5-3-9-26-12-15)27(23(30)22(19)29)13-14-4-2-8-25-11-14/h2-12,20,28H,13H2,1H3/b21-19+. The first-order valence-corrected chi connectivity index (χ1v) is 9.80. The highest BCUT2D eigenvalue weighted by Gasteiger charge is 2.46. The number of carbonyl (C=O) groups excluding carboxylic acids is 2. The van der Waals surface area contributed by atoms with Crippen molar-refractivity contribution in [3.63, 3.8) is 0 Å². The minimum absolute atomic E-state index is 0.0533. The number of aliphatic hydroxyl groups excluding tert-OH is 1. The SMILES string of the molecule is COc1ccc(Cl)cc1/C(O)=C1\C(=O)C(=O)N(Cc2cccnc2)C1c1cccnc1. The molecular weight excluding hydrogens is 418 g/mol. The fourth-order valence-electron chi connectivity index (χ4n) is 3.63. The number of rotatable bonds is 5. The van der Waals surface area contributed by atoms with Crippen LogP contribution in [0.25, 0.3) is 5.76 Å². The minimum atomic E-state index is -0.836. The van der Waals surface area contributed by atoms with Crippen LogP contribution in [0.2, 0.25) is 5.02 Å². The molecule has 1 fully saturated rings. The quantitative estimate of drug-likeness (QED) is 0.372. The van der Waals surface area contributed by atoms with E-state index < -0.39 is 17.7 Å². The van der Waals surface area contributed by atoms with E-state index in [4.69, 9.17) is 16.3 Å². The molecule has 2 aromatic heterocycles. The van der Waals surface area contributed by atoms with Gasteiger partial charge in [0.05, 0.1) is 24.3 Å². The molecule has 8 heteroatoms. The van der Waals surface area contributed by atoms with Gasteiger partial charge in [0.2, 0.25) is 0 Å². The first-order valence-electron chi connectivity index (χ1n) is 9.42. The van der Waals surface area contributed by atoms with Crippen LogP contribution < -0.4 is 4.74 Å². The molecule has 1 aliphatic heterocycles. The molecule has 0 saturated carbocycles. The molecule has 3 heterocycles. The van der Waals surface area contributed by atoms with Crippen molar-refractivity contribution in [3.8, 4) is 5.75 Å². The summed E-state index contributed by atoms with van der Waals surface area (Å²) in [6.45, 7) is 0.140. The number of hydrogen-bond donors (Lipinski definition) is 1. The number of benzene rings is 1. The second-order valence-corrected chi connectivity index (χ2v) is 7.36. The third-order valence-corrected chi connectivity index (χ3v) is 5.27. The molecule has 3 aromatic rings. The van der Waals surface area contributed by atoms with Gasteiger partial charge in [-0.05, 0) is 41.5 Å². The van der Waals surface area contributed by atoms with Gasteiger partial charge < -0.3 is 14.7 Å². The second kappa shape index (κ2) is 8.57. The van der Waals surface area contributed by atoms with Crippen LogP contribution in [0.15, 0.2) is 72.8 Å². The number of Topliss-reactive ketones (excluding diaryl/α,β-unsaturated/α-hetero) is 1. The summed E-state index contributed by atoms with van der Waals surface area (Å²) in [5.74, 6) is -1.55. The number of nitrogens with zero attached hydrogens (tertiary/aromatic N) is 3. The number of hydrogen-bond acceptors (Lipinski definition) is 6. The molecule has 156 valence electrons. The van der Waals surface area contributed by atoms with Crippen LogP contribution in [0, 0.1) is 0 Å². The number of carbonyl (C=O) groups is 2. The number of methoxy groups -OCH3 is 1. The number of aliphatic hydroxyl groups is 1. The monoisotopic (exact) mass is 435 g/mol. The maximum atomic E-state index is 13.1. The normalized spacial score (nSPS) is 17.7. The smallest absolute Gasteiger partial charge is 0.295 e. The molecule has 1 amide bonds. The van der Waals surface area contributed by atoms with Gasteiger partial charge in [0.15, 0.2) is 0 Å². The Bertz CT molecular complexity index is 1170. The van der Waals surface area contributed by atoms with Crippen molar-refractivity contribution in [3.05, 3.63) is 94.5 Å². The Balaban J connectivity index is 1.90. The fourth-order valence-corrected chi connectivity index (χ4v) is 3.80. The lowest BCUT2D eigenvalue weighted by atomic mass is 9.96. The van der Waals surface area contributed by atoms with E-state index in [1.54, 1.807) is 55.1 Å². The zero-order valence-corrected chi connectivity index (χ0v) is 17.3. The van der Waals surface area contributed by atoms with E-state index in [9.17, 15) is 14.7 Å². The molecular formula is C23H18ClN3O4. The highest BCUT2D eigenvalue weighted by molar-refractivity contribution is 6.46. The van der Waals surface area contributed by atoms with E-state index in [1.807, 2.05) is 6.07 Å². The van der Waals surface area contributed by atoms with Crippen LogP contribution in [0.1, 0.15) is 22.7 Å². The molecule has 31 heavy (non-hydrogen) atoms. The number of likely N-dealkylation sites (tertiary alicyclic amines) is 1. The third kappa shape index (κ3) is 3.87. The average Bonchev–Trinajstić information content (AvgIpc) is 3.04. The fraction of sp³-hybridized carbons (Fsp3) is 0.130. The van der Waals surface area contributed by atoms with Crippen molar-refractivity contribution in [2.45, 2.75) is 12.6 Å². The molecule has 1 aliphatic rings. The Morgan fingerprint density at radius 2 is 1.87 bits per heavy atom. The van der Waals surface area contributed by atoms with E-state index >= 15 is 0 Å². The molecule has 0 bridgehead atoms. The lowest BCUT2D eigenvalue weighted by molar-refractivity contribution is -0.140. The zero-order valence-electron chi connectivity index (χ0n) is 16.5. The van der Waals surface area contributed by atoms with Gasteiger partial charge in [0, 0.05) is 36.4 Å². The van der Waals surface area contributed by atoms with Crippen LogP contribution >= 0.6 is 11.6 Å². The summed E-state index contributed by atoms with van der Waals surface area (Å²) in [6, 6.07) is 10.9. The molecule has 7 nitrogen and oxygen atoms in total. The largest absolute Gasteiger partial charge is 0.507 e. The van der Waals surface area contributed by atoms with E-state index in [-0.39, 0.29) is 23.4 Å². The lowest BCUT2D eigenvalue weighted by Gasteiger charge is -2.25. The van der Waals surface area contributed by atoms with Crippen LogP contribution in [0.4, 0.5) is 0 Å². The van der Waals surface area contributed by atoms with Crippen molar-refractivity contribution in [2.24, 2.45) is 0 Å². The van der Waals surface area contributed by atoms with Crippen molar-refractivity contribution in [1.82, 2.24) is 14.9 Å². The van der Waals surface area contributed by atoms with Crippen LogP contribution in [0.5, 0.6) is 5.75 Å². The summed E-state index contributed by atoms with van der Waals surface area (Å²) < 4.78 is 5.32. The lowest BCUT2D eigenvalue weighted by Crippen LogP contribution is -2.29. The molecule has 1 unspecified atom stereocenters. The van der Waals surface area contributed by atoms with Crippen LogP contribution in [-0.4, -0.2) is 38.8 Å². The Labute approximate surface area is 183 Å². The van der Waals surface area contributed by atoms with E-state index in [1.165, 1.54) is 18.1 Å². The third-order valence-electron chi connectivity index (χ3n) is 5.03. The van der Waals surface area contributed by atoms with E-state index in [2.05, 4.69) is 9.97 Å². The van der Waals surface area contributed by atoms with Gasteiger partial charge in [-0.25, -0.2) is 0 Å². The maximum absolute atomic E-state index is 13.1. The Kier molecular flexibility index (Phi) is 5.68.